The minimum absolute atomic E-state index is 0.0403. The molecule has 3 rings (SSSR count). The van der Waals surface area contributed by atoms with Gasteiger partial charge >= 0.3 is 0 Å². The molecule has 0 aliphatic carbocycles. The summed E-state index contributed by atoms with van der Waals surface area (Å²) in [5.74, 6) is 0.0179. The van der Waals surface area contributed by atoms with Crippen molar-refractivity contribution in [3.05, 3.63) is 40.8 Å². The summed E-state index contributed by atoms with van der Waals surface area (Å²) < 4.78 is 16.9. The number of amides is 1. The predicted molar refractivity (Wildman–Crippen MR) is 103 cm³/mol. The molecule has 0 radical (unpaired) electrons. The van der Waals surface area contributed by atoms with Gasteiger partial charge in [0.2, 0.25) is 5.91 Å². The van der Waals surface area contributed by atoms with E-state index < -0.39 is 5.82 Å². The van der Waals surface area contributed by atoms with Crippen LogP contribution in [0.25, 0.3) is 11.5 Å². The monoisotopic (exact) mass is 408 g/mol. The molecular formula is C17H18ClFN6OS. The maximum absolute atomic E-state index is 13.2. The molecule has 0 saturated carbocycles. The number of rotatable bonds is 6. The molecule has 2 aromatic heterocycles. The zero-order chi connectivity index (χ0) is 19.6. The summed E-state index contributed by atoms with van der Waals surface area (Å²) in [5, 5.41) is 16.1. The lowest BCUT2D eigenvalue weighted by Crippen LogP contribution is -2.14. The van der Waals surface area contributed by atoms with E-state index >= 15 is 0 Å². The van der Waals surface area contributed by atoms with Gasteiger partial charge in [-0.05, 0) is 38.1 Å². The second kappa shape index (κ2) is 8.10. The maximum Gasteiger partial charge on any atom is 0.234 e. The highest BCUT2D eigenvalue weighted by Gasteiger charge is 2.17. The number of hydrogen-bond donors (Lipinski definition) is 1. The molecule has 0 spiro atoms. The van der Waals surface area contributed by atoms with Crippen LogP contribution in [-0.4, -0.2) is 36.2 Å². The largest absolute Gasteiger partial charge is 0.325 e. The van der Waals surface area contributed by atoms with Crippen molar-refractivity contribution in [2.45, 2.75) is 25.5 Å². The van der Waals surface area contributed by atoms with Crippen molar-refractivity contribution in [3.8, 4) is 11.5 Å². The number of hydrogen-bond acceptors (Lipinski definition) is 5. The molecule has 1 amide bonds. The summed E-state index contributed by atoms with van der Waals surface area (Å²) in [4.78, 5) is 12.2. The second-order valence-electron chi connectivity index (χ2n) is 5.81. The van der Waals surface area contributed by atoms with Crippen LogP contribution in [-0.2, 0) is 18.4 Å². The summed E-state index contributed by atoms with van der Waals surface area (Å²) in [7, 11) is 1.87. The summed E-state index contributed by atoms with van der Waals surface area (Å²) in [6.07, 6.45) is 0. The van der Waals surface area contributed by atoms with Crippen LogP contribution in [0.15, 0.2) is 29.4 Å². The Bertz CT molecular complexity index is 966. The van der Waals surface area contributed by atoms with E-state index in [9.17, 15) is 9.18 Å². The Hall–Kier alpha value is -2.39. The molecule has 1 N–H and O–H groups in total. The van der Waals surface area contributed by atoms with Gasteiger partial charge < -0.3 is 9.88 Å². The first kappa shape index (κ1) is 19.4. The van der Waals surface area contributed by atoms with Gasteiger partial charge in [0.15, 0.2) is 11.0 Å². The van der Waals surface area contributed by atoms with Crippen molar-refractivity contribution in [2.24, 2.45) is 7.05 Å². The van der Waals surface area contributed by atoms with E-state index in [1.807, 2.05) is 31.5 Å². The van der Waals surface area contributed by atoms with Crippen molar-refractivity contribution in [2.75, 3.05) is 11.1 Å². The Balaban J connectivity index is 1.68. The lowest BCUT2D eigenvalue weighted by atomic mass is 10.3. The van der Waals surface area contributed by atoms with Gasteiger partial charge in [-0.2, -0.15) is 5.10 Å². The Kier molecular flexibility index (Phi) is 5.81. The van der Waals surface area contributed by atoms with Crippen molar-refractivity contribution in [1.29, 1.82) is 0 Å². The molecule has 27 heavy (non-hydrogen) atoms. The fourth-order valence-corrected chi connectivity index (χ4v) is 3.42. The Morgan fingerprint density at radius 1 is 1.33 bits per heavy atom. The maximum atomic E-state index is 13.2. The van der Waals surface area contributed by atoms with E-state index in [1.165, 1.54) is 30.0 Å². The fourth-order valence-electron chi connectivity index (χ4n) is 2.44. The van der Waals surface area contributed by atoms with Gasteiger partial charge in [-0.3, -0.25) is 9.48 Å². The van der Waals surface area contributed by atoms with Crippen molar-refractivity contribution < 1.29 is 9.18 Å². The lowest BCUT2D eigenvalue weighted by molar-refractivity contribution is -0.113. The first-order chi connectivity index (χ1) is 12.9. The highest BCUT2D eigenvalue weighted by atomic mass is 35.5. The number of nitrogens with one attached hydrogen (secondary N) is 1. The highest BCUT2D eigenvalue weighted by Crippen LogP contribution is 2.24. The molecule has 0 aliphatic rings. The average Bonchev–Trinajstić information content (AvgIpc) is 3.19. The summed E-state index contributed by atoms with van der Waals surface area (Å²) in [5.41, 5.74) is 2.19. The average molecular weight is 409 g/mol. The van der Waals surface area contributed by atoms with Gasteiger partial charge in [0.05, 0.1) is 10.8 Å². The second-order valence-corrected chi connectivity index (χ2v) is 7.16. The molecule has 0 bridgehead atoms. The number of nitrogens with zero attached hydrogens (tertiary/aromatic N) is 5. The minimum Gasteiger partial charge on any atom is -0.325 e. The van der Waals surface area contributed by atoms with Crippen LogP contribution in [0.1, 0.15) is 12.6 Å². The topological polar surface area (TPSA) is 77.6 Å². The third-order valence-corrected chi connectivity index (χ3v) is 5.17. The van der Waals surface area contributed by atoms with Crippen LogP contribution in [0.2, 0.25) is 5.02 Å². The molecule has 3 aromatic rings. The normalized spacial score (nSPS) is 11.0. The van der Waals surface area contributed by atoms with E-state index in [0.717, 1.165) is 11.4 Å². The SMILES string of the molecule is CCn1c(SCC(=O)Nc2ccc(F)c(Cl)c2)nnc1-c1cc(C)n(C)n1. The van der Waals surface area contributed by atoms with Gasteiger partial charge in [0, 0.05) is 25.0 Å². The Morgan fingerprint density at radius 3 is 2.74 bits per heavy atom. The molecule has 7 nitrogen and oxygen atoms in total. The number of anilines is 1. The molecule has 2 heterocycles. The van der Waals surface area contributed by atoms with Crippen LogP contribution in [0, 0.1) is 12.7 Å². The van der Waals surface area contributed by atoms with Gasteiger partial charge in [0.25, 0.3) is 0 Å². The summed E-state index contributed by atoms with van der Waals surface area (Å²) in [6.45, 7) is 4.59. The standard InChI is InChI=1S/C17H18ClFN6OS/c1-4-25-16(14-7-10(2)24(3)23-14)21-22-17(25)27-9-15(26)20-11-5-6-13(19)12(18)8-11/h5-8H,4,9H2,1-3H3,(H,20,26). The van der Waals surface area contributed by atoms with Gasteiger partial charge in [-0.25, -0.2) is 4.39 Å². The van der Waals surface area contributed by atoms with Crippen LogP contribution in [0.5, 0.6) is 0 Å². The number of benzene rings is 1. The number of carbonyl (C=O) groups is 1. The van der Waals surface area contributed by atoms with E-state index in [4.69, 9.17) is 11.6 Å². The summed E-state index contributed by atoms with van der Waals surface area (Å²) >= 11 is 6.99. The molecule has 0 atom stereocenters. The van der Waals surface area contributed by atoms with Crippen LogP contribution in [0.3, 0.4) is 0 Å². The number of thioether (sulfide) groups is 1. The zero-order valence-corrected chi connectivity index (χ0v) is 16.6. The quantitative estimate of drug-likeness (QED) is 0.631. The molecule has 0 unspecified atom stereocenters. The van der Waals surface area contributed by atoms with E-state index in [1.54, 1.807) is 4.68 Å². The predicted octanol–water partition coefficient (Wildman–Crippen LogP) is 3.53. The van der Waals surface area contributed by atoms with Crippen molar-refractivity contribution in [1.82, 2.24) is 24.5 Å². The third kappa shape index (κ3) is 4.30. The van der Waals surface area contributed by atoms with Gasteiger partial charge in [0.1, 0.15) is 11.5 Å². The molecule has 0 aliphatic heterocycles. The molecule has 1 aromatic carbocycles. The Labute approximate surface area is 164 Å². The van der Waals surface area contributed by atoms with E-state index in [-0.39, 0.29) is 16.7 Å². The van der Waals surface area contributed by atoms with E-state index in [2.05, 4.69) is 20.6 Å². The van der Waals surface area contributed by atoms with Crippen LogP contribution >= 0.6 is 23.4 Å². The number of carbonyl (C=O) groups excluding carboxylic acids is 1. The molecule has 142 valence electrons. The first-order valence-electron chi connectivity index (χ1n) is 8.21. The Morgan fingerprint density at radius 2 is 2.11 bits per heavy atom. The van der Waals surface area contributed by atoms with Gasteiger partial charge in [-0.15, -0.1) is 10.2 Å². The fraction of sp³-hybridized carbons (Fsp3) is 0.294. The van der Waals surface area contributed by atoms with Gasteiger partial charge in [-0.1, -0.05) is 23.4 Å². The van der Waals surface area contributed by atoms with Crippen LogP contribution < -0.4 is 5.32 Å². The lowest BCUT2D eigenvalue weighted by Gasteiger charge is -2.07. The number of halogens is 2. The molecule has 0 fully saturated rings. The first-order valence-corrected chi connectivity index (χ1v) is 9.57. The molecule has 10 heteroatoms. The summed E-state index contributed by atoms with van der Waals surface area (Å²) in [6, 6.07) is 5.98. The zero-order valence-electron chi connectivity index (χ0n) is 15.0. The van der Waals surface area contributed by atoms with Crippen LogP contribution in [0.4, 0.5) is 10.1 Å². The number of aromatic nitrogens is 5. The van der Waals surface area contributed by atoms with Crippen molar-refractivity contribution in [3.63, 3.8) is 0 Å². The smallest absolute Gasteiger partial charge is 0.234 e. The van der Waals surface area contributed by atoms with E-state index in [0.29, 0.717) is 23.2 Å². The highest BCUT2D eigenvalue weighted by molar-refractivity contribution is 7.99. The van der Waals surface area contributed by atoms with Crippen molar-refractivity contribution >= 4 is 35.0 Å². The third-order valence-electron chi connectivity index (χ3n) is 3.91. The number of aryl methyl sites for hydroxylation is 2. The minimum atomic E-state index is -0.530. The molecular weight excluding hydrogens is 391 g/mol. The molecule has 0 saturated heterocycles.